The molecule has 954 valence electrons. The molecule has 1 N–H and O–H groups in total. The van der Waals surface area contributed by atoms with Crippen LogP contribution in [0.1, 0.15) is 417 Å². The molecule has 0 bridgehead atoms. The third-order valence-electron chi connectivity index (χ3n) is 2.96. The quantitative estimate of drug-likeness (QED) is 0.184. The molecule has 5 nitrogen and oxygen atoms in total. The summed E-state index contributed by atoms with van der Waals surface area (Å²) in [6, 6.07) is 0. The average molecular weight is 6670 g/mol. The Bertz CT molecular complexity index is 748. The molecule has 0 aliphatic rings. The summed E-state index contributed by atoms with van der Waals surface area (Å²) < 4.78 is 154. The van der Waals surface area contributed by atoms with E-state index in [0.717, 1.165) is 12.9 Å². The van der Waals surface area contributed by atoms with E-state index in [9.17, 15) is 14.4 Å². The monoisotopic (exact) mass is 6670 g/mol. The van der Waals surface area contributed by atoms with Gasteiger partial charge in [0.15, 0.2) is 0 Å². The predicted molar refractivity (Wildman–Crippen MR) is 741 cm³/mol. The minimum absolute atomic E-state index is 0. The summed E-state index contributed by atoms with van der Waals surface area (Å²) in [6.45, 7) is 146. The summed E-state index contributed by atoms with van der Waals surface area (Å²) >= 11 is 0. The summed E-state index contributed by atoms with van der Waals surface area (Å²) in [5.41, 5.74) is 0. The Labute approximate surface area is 1370 Å². The van der Waals surface area contributed by atoms with Crippen LogP contribution in [0.4, 0.5) is 0 Å². The summed E-state index contributed by atoms with van der Waals surface area (Å²) in [5.74, 6) is -0.403. The van der Waals surface area contributed by atoms with E-state index in [1.165, 1.54) is 38.5 Å². The molecule has 0 aliphatic carbocycles. The van der Waals surface area contributed by atoms with Crippen molar-refractivity contribution < 1.29 is 530 Å². The van der Waals surface area contributed by atoms with Crippen molar-refractivity contribution in [2.45, 2.75) is 417 Å². The van der Waals surface area contributed by atoms with Crippen molar-refractivity contribution in [3.05, 3.63) is 0 Å². The molecule has 0 aromatic rings. The number of ether oxygens (including phenoxy) is 1. The molecule has 0 amide bonds. The van der Waals surface area contributed by atoms with Crippen molar-refractivity contribution in [1.29, 1.82) is 30.7 Å². The molecule has 0 rings (SSSR count). The average Bonchev–Trinajstić information content (AvgIpc) is 1.15. The van der Waals surface area contributed by atoms with Crippen molar-refractivity contribution in [3.8, 4) is 0 Å². The number of aldehydes is 1. The molecular formula is C90H300O5P24W24. The van der Waals surface area contributed by atoms with Gasteiger partial charge in [0.2, 0.25) is 0 Å². The minimum atomic E-state index is -0.745. The Kier molecular flexibility index (Phi) is 5600. The fourth-order valence-electron chi connectivity index (χ4n) is 0.957. The first-order chi connectivity index (χ1) is 68.7. The summed E-state index contributed by atoms with van der Waals surface area (Å²) in [6.07, 6.45) is 11.3. The third-order valence-corrected chi connectivity index (χ3v) is 2.96. The Balaban J connectivity index is -0.00000000708. The van der Waals surface area contributed by atoms with Crippen molar-refractivity contribution in [3.63, 3.8) is 0 Å². The number of carbonyl (C=O) groups is 3. The molecule has 24 atom stereocenters. The Morgan fingerprint density at radius 1 is 0.196 bits per heavy atom. The van der Waals surface area contributed by atoms with Gasteiger partial charge in [-0.3, -0.25) is 9.59 Å². The van der Waals surface area contributed by atoms with E-state index in [4.69, 9.17) is 35.8 Å². The van der Waals surface area contributed by atoms with E-state index in [1.807, 2.05) is 478 Å². The van der Waals surface area contributed by atoms with Gasteiger partial charge in [0.1, 0.15) is 12.1 Å². The van der Waals surface area contributed by atoms with E-state index in [-0.39, 0.29) is 512 Å². The van der Waals surface area contributed by atoms with Crippen LogP contribution >= 0.6 is 220 Å². The number of hydrogen-bond acceptors (Lipinski definition) is 4. The first-order valence-electron chi connectivity index (χ1n) is 56.4. The number of ketones is 1. The van der Waals surface area contributed by atoms with Crippen LogP contribution in [-0.4, -0.2) is 228 Å². The topological polar surface area (TPSA) is 80.7 Å². The number of unbranched alkanes of at least 4 members (excludes halogenated alkanes) is 4. The fourth-order valence-corrected chi connectivity index (χ4v) is 0.957. The molecule has 0 aromatic carbocycles. The van der Waals surface area contributed by atoms with Crippen LogP contribution in [-0.2, 0) is 525 Å². The maximum Gasteiger partial charge on any atom is 0.303 e. The van der Waals surface area contributed by atoms with Crippen LogP contribution < -0.4 is 0 Å². The first kappa shape index (κ1) is 342. The smallest absolute Gasteiger partial charge is 0.303 e. The van der Waals surface area contributed by atoms with E-state index in [2.05, 4.69) is 32.4 Å². The standard InChI is InChI=1S/C5H10O.2C5H12.C3H6O2.C3H8O.C3H6O.21C2H6.24CH5P.24W/c1-3-5(6)4-2;2*1-3-5-4-2;1-2-3(4)5;1-3-4-2;1-2-3-4;45*1-2;;;;;;;;;;;;;;;;;;;;;;;;/h3-4H2,1-2H3;2*3-5H2,1-2H3;2H2,1H3,(H,4,5);3H2,1-2H3;3H,2H2,1H3;21*1-2H3;24*2H2,1H3;;;;;;;;;;;;;;;;;;;;;;;;/i;;;;;;;;;;;;;;;;;;;;;;;;;;;24*2T;;;;;;;;;;;;;;;;;;;;;;;;. The van der Waals surface area contributed by atoms with Gasteiger partial charge in [-0.05, 0) is 6.92 Å². The molecular weight excluding hydrogens is 6320 g/mol. The van der Waals surface area contributed by atoms with Crippen LogP contribution in [0.25, 0.3) is 0 Å². The van der Waals surface area contributed by atoms with E-state index in [0.29, 0.717) is 245 Å². The minimum Gasteiger partial charge on any atom is -0.481 e. The van der Waals surface area contributed by atoms with Gasteiger partial charge in [0, 0.05) is 545 Å². The molecule has 0 saturated carbocycles. The zero-order chi connectivity index (χ0) is 131. The second-order valence-corrected chi connectivity index (χ2v) is 5.85. The number of carbonyl (C=O) groups excluding carboxylic acids is 2. The molecule has 0 saturated heterocycles. The third kappa shape index (κ3) is 3250. The van der Waals surface area contributed by atoms with Gasteiger partial charge in [-0.2, -0.15) is 0 Å². The normalized spacial score (nSPS) is 7.66. The van der Waals surface area contributed by atoms with E-state index >= 15 is 0 Å². The number of aliphatic carboxylic acids is 1. The second kappa shape index (κ2) is 2340. The van der Waals surface area contributed by atoms with E-state index in [1.54, 1.807) is 14.0 Å². The van der Waals surface area contributed by atoms with Crippen LogP contribution in [0.15, 0.2) is 0 Å². The Morgan fingerprint density at radius 2 is 0.245 bits per heavy atom. The number of Topliss-reactive ketones (excluding diaryl/α,β-unsaturated/α-hetero) is 1. The molecule has 24 unspecified atom stereocenters. The molecule has 0 heterocycles. The number of methoxy groups -OCH3 is 1. The molecule has 0 radical (unpaired) electrons. The summed E-state index contributed by atoms with van der Waals surface area (Å²) in [5, 5.41) is 7.72. The van der Waals surface area contributed by atoms with Crippen molar-refractivity contribution in [2.75, 3.05) is 174 Å². The Hall–Kier alpha value is 25.6. The van der Waals surface area contributed by atoms with Crippen LogP contribution in [0, 0.1) is 0 Å². The summed E-state index contributed by atoms with van der Waals surface area (Å²) in [4.78, 5) is 28.7. The van der Waals surface area contributed by atoms with Crippen molar-refractivity contribution in [1.82, 2.24) is 0 Å². The zero-order valence-corrected chi connectivity index (χ0v) is 204. The van der Waals surface area contributed by atoms with Gasteiger partial charge < -0.3 is 14.6 Å². The number of carboxylic acids is 1. The second-order valence-electron chi connectivity index (χ2n) is 5.85. The van der Waals surface area contributed by atoms with Gasteiger partial charge in [0.25, 0.3) is 0 Å². The van der Waals surface area contributed by atoms with Crippen molar-refractivity contribution >= 4 is 238 Å². The molecule has 0 spiro atoms. The van der Waals surface area contributed by atoms with Gasteiger partial charge in [-0.15, -0.1) is 220 Å². The number of rotatable bonds is 9. The summed E-state index contributed by atoms with van der Waals surface area (Å²) in [7, 11) is 9.68. The van der Waals surface area contributed by atoms with Gasteiger partial charge in [-0.25, -0.2) is 0 Å². The van der Waals surface area contributed by atoms with Crippen LogP contribution in [0.3, 0.4) is 0 Å². The van der Waals surface area contributed by atoms with E-state index < -0.39 is 5.97 Å². The molecule has 53 heteroatoms. The molecule has 143 heavy (non-hydrogen) atoms. The van der Waals surface area contributed by atoms with Crippen LogP contribution in [0.2, 0.25) is 0 Å². The van der Waals surface area contributed by atoms with Gasteiger partial charge >= 0.3 is 5.97 Å². The van der Waals surface area contributed by atoms with Crippen LogP contribution in [0.5, 0.6) is 0 Å². The maximum absolute atomic E-state index is 10.2. The van der Waals surface area contributed by atoms with Crippen molar-refractivity contribution in [2.24, 2.45) is 0 Å². The predicted octanol–water partition coefficient (Wildman–Crippen LogP) is 40.8. The Morgan fingerprint density at radius 3 is 0.245 bits per heavy atom. The fraction of sp³-hybridized carbons (Fsp3) is 0.967. The van der Waals surface area contributed by atoms with Gasteiger partial charge in [0.05, 0.1) is 30.7 Å². The maximum atomic E-state index is 10.2. The molecule has 0 fully saturated rings. The molecule has 0 aliphatic heterocycles. The largest absolute Gasteiger partial charge is 0.481 e. The van der Waals surface area contributed by atoms with Gasteiger partial charge in [-0.1, -0.05) is 545 Å². The zero-order valence-electron chi connectivity index (χ0n) is 133. The number of carboxylic acid groups (broad SMARTS) is 1. The molecule has 0 aromatic heterocycles. The number of hydrogen-bond donors (Lipinski definition) is 1. The first-order valence-corrected chi connectivity index (χ1v) is 68.4. The SMILES string of the molecule is CC.CC.CC.CC.CC.CC.CC.CC.CC.CC.CC.CC.CC.CC.CC.CC.CC.CC.CC.CC.CC.CCC(=O)CC.CCC(=O)O.CCC=O.CCCCC.CCCCC.CCOC.[3H]PC.[3H]PC.[3H]PC.[3H]PC.[3H]PC.[3H]PC.[3H]PC.[3H]PC.[3H]PC.[3H]PC.[3H]PC.[3H]PC.[3H]PC.[3H]PC.[3H]PC.[3H]PC.[3H]PC.[3H]PC.[3H]PC.[3H]PC.[3H]PC.[3H]PC.[3H]PC.[3H]PC.[W].[W].[W].[W].[W].[W].[W].[W].[W].[W].[W].[W].[W].[W].[W].[W].[W].[W].[W].[W].[W].[W].[W].[W].